The van der Waals surface area contributed by atoms with Crippen molar-refractivity contribution in [3.63, 3.8) is 0 Å². The largest absolute Gasteiger partial charge is 0.330 e. The number of piperazine rings is 1. The van der Waals surface area contributed by atoms with Crippen molar-refractivity contribution in [1.82, 2.24) is 14.5 Å². The molecule has 0 bridgehead atoms. The second kappa shape index (κ2) is 14.5. The van der Waals surface area contributed by atoms with Gasteiger partial charge in [-0.2, -0.15) is 5.26 Å². The molecule has 0 N–H and O–H groups in total. The number of hydrogen-bond acceptors (Lipinski definition) is 4. The molecule has 2 heterocycles. The molecular formula is C31H33Cl2N5O. The Morgan fingerprint density at radius 1 is 0.897 bits per heavy atom. The number of imidazole rings is 1. The van der Waals surface area contributed by atoms with Gasteiger partial charge in [-0.1, -0.05) is 60.7 Å². The first-order valence-corrected chi connectivity index (χ1v) is 12.8. The highest BCUT2D eigenvalue weighted by molar-refractivity contribution is 5.95. The van der Waals surface area contributed by atoms with Crippen LogP contribution in [0.15, 0.2) is 97.5 Å². The van der Waals surface area contributed by atoms with E-state index in [0.29, 0.717) is 18.7 Å². The first-order valence-electron chi connectivity index (χ1n) is 12.8. The van der Waals surface area contributed by atoms with Crippen LogP contribution in [0.4, 0.5) is 5.69 Å². The molecule has 0 radical (unpaired) electrons. The van der Waals surface area contributed by atoms with Crippen LogP contribution in [0.3, 0.4) is 0 Å². The second-order valence-corrected chi connectivity index (χ2v) is 9.58. The van der Waals surface area contributed by atoms with Crippen molar-refractivity contribution >= 4 is 36.4 Å². The van der Waals surface area contributed by atoms with Gasteiger partial charge in [-0.05, 0) is 61.2 Å². The Morgan fingerprint density at radius 3 is 2.28 bits per heavy atom. The summed E-state index contributed by atoms with van der Waals surface area (Å²) in [7, 11) is 0. The van der Waals surface area contributed by atoms with Crippen molar-refractivity contribution in [2.24, 2.45) is 0 Å². The van der Waals surface area contributed by atoms with E-state index in [1.54, 1.807) is 0 Å². The molecule has 1 atom stereocenters. The maximum absolute atomic E-state index is 13.1. The SMILES string of the molecule is Cl.Cl.N#Cc1ccc(Cn2cncc2CCCN2CC(=O)N(c3ccccc3)C[C@@H]2Cc2ccccc2)cc1. The summed E-state index contributed by atoms with van der Waals surface area (Å²) >= 11 is 0. The fourth-order valence-corrected chi connectivity index (χ4v) is 5.06. The Balaban J connectivity index is 0.00000210. The number of aryl methyl sites for hydroxylation is 1. The molecule has 1 fully saturated rings. The zero-order chi connectivity index (χ0) is 25.5. The van der Waals surface area contributed by atoms with Gasteiger partial charge in [-0.25, -0.2) is 4.98 Å². The fourth-order valence-electron chi connectivity index (χ4n) is 5.06. The predicted octanol–water partition coefficient (Wildman–Crippen LogP) is 5.54. The minimum Gasteiger partial charge on any atom is -0.330 e. The minimum absolute atomic E-state index is 0. The van der Waals surface area contributed by atoms with Crippen molar-refractivity contribution in [3.8, 4) is 6.07 Å². The standard InChI is InChI=1S/C31H31N5O.2ClH/c32-19-26-13-15-27(16-14-26)21-35-24-33-20-29(35)12-7-17-34-23-31(37)36(28-10-5-2-6-11-28)22-30(34)18-25-8-3-1-4-9-25;;/h1-6,8-11,13-16,20,24,30H,7,12,17-18,21-23H2;2*1H/t30-;;/m0../s1. The van der Waals surface area contributed by atoms with Crippen LogP contribution in [0, 0.1) is 11.3 Å². The molecule has 1 amide bonds. The minimum atomic E-state index is 0. The number of aromatic nitrogens is 2. The third kappa shape index (κ3) is 7.70. The summed E-state index contributed by atoms with van der Waals surface area (Å²) in [5, 5.41) is 9.03. The summed E-state index contributed by atoms with van der Waals surface area (Å²) in [6.07, 6.45) is 6.55. The van der Waals surface area contributed by atoms with Gasteiger partial charge < -0.3 is 9.47 Å². The first-order chi connectivity index (χ1) is 18.2. The smallest absolute Gasteiger partial charge is 0.241 e. The Kier molecular flexibility index (Phi) is 11.1. The highest BCUT2D eigenvalue weighted by Gasteiger charge is 2.32. The van der Waals surface area contributed by atoms with Gasteiger partial charge in [0, 0.05) is 36.7 Å². The number of hydrogen-bond donors (Lipinski definition) is 0. The Bertz CT molecular complexity index is 1350. The summed E-state index contributed by atoms with van der Waals surface area (Å²) < 4.78 is 2.17. The van der Waals surface area contributed by atoms with Crippen LogP contribution < -0.4 is 4.90 Å². The molecule has 1 aliphatic heterocycles. The zero-order valence-electron chi connectivity index (χ0n) is 21.7. The van der Waals surface area contributed by atoms with Crippen LogP contribution in [-0.4, -0.2) is 46.0 Å². The maximum atomic E-state index is 13.1. The third-order valence-corrected chi connectivity index (χ3v) is 7.04. The van der Waals surface area contributed by atoms with Crippen LogP contribution in [0.1, 0.15) is 28.8 Å². The molecule has 8 heteroatoms. The number of nitrogens with zero attached hydrogens (tertiary/aromatic N) is 5. The van der Waals surface area contributed by atoms with E-state index in [-0.39, 0.29) is 36.8 Å². The quantitative estimate of drug-likeness (QED) is 0.269. The number of halogens is 2. The molecule has 6 nitrogen and oxygen atoms in total. The van der Waals surface area contributed by atoms with Crippen LogP contribution in [-0.2, 0) is 24.2 Å². The number of carbonyl (C=O) groups excluding carboxylic acids is 1. The van der Waals surface area contributed by atoms with Crippen molar-refractivity contribution < 1.29 is 4.79 Å². The molecule has 5 rings (SSSR count). The molecule has 4 aromatic rings. The number of anilines is 1. The lowest BCUT2D eigenvalue weighted by atomic mass is 10.0. The molecule has 39 heavy (non-hydrogen) atoms. The Morgan fingerprint density at radius 2 is 1.59 bits per heavy atom. The van der Waals surface area contributed by atoms with Gasteiger partial charge in [0.2, 0.25) is 5.91 Å². The van der Waals surface area contributed by atoms with Crippen LogP contribution in [0.25, 0.3) is 0 Å². The molecule has 0 spiro atoms. The molecular weight excluding hydrogens is 529 g/mol. The van der Waals surface area contributed by atoms with Crippen molar-refractivity contribution in [2.45, 2.75) is 31.8 Å². The zero-order valence-corrected chi connectivity index (χ0v) is 23.4. The third-order valence-electron chi connectivity index (χ3n) is 7.04. The topological polar surface area (TPSA) is 65.2 Å². The van der Waals surface area contributed by atoms with Crippen molar-refractivity contribution in [1.29, 1.82) is 5.26 Å². The number of para-hydroxylation sites is 1. The average molecular weight is 563 g/mol. The number of carbonyl (C=O) groups is 1. The van der Waals surface area contributed by atoms with Gasteiger partial charge in [0.25, 0.3) is 0 Å². The van der Waals surface area contributed by atoms with Crippen LogP contribution >= 0.6 is 24.8 Å². The van der Waals surface area contributed by atoms with E-state index >= 15 is 0 Å². The second-order valence-electron chi connectivity index (χ2n) is 9.58. The van der Waals surface area contributed by atoms with E-state index in [0.717, 1.165) is 43.6 Å². The van der Waals surface area contributed by atoms with E-state index in [1.165, 1.54) is 11.3 Å². The summed E-state index contributed by atoms with van der Waals surface area (Å²) in [5.74, 6) is 0.154. The summed E-state index contributed by atoms with van der Waals surface area (Å²) in [4.78, 5) is 21.8. The van der Waals surface area contributed by atoms with Gasteiger partial charge in [-0.15, -0.1) is 24.8 Å². The molecule has 1 aromatic heterocycles. The Labute approximate surface area is 242 Å². The summed E-state index contributed by atoms with van der Waals surface area (Å²) in [5.41, 5.74) is 5.25. The number of rotatable bonds is 9. The molecule has 202 valence electrons. The van der Waals surface area contributed by atoms with Gasteiger partial charge in [-0.3, -0.25) is 9.69 Å². The lowest BCUT2D eigenvalue weighted by Crippen LogP contribution is -2.57. The first kappa shape index (κ1) is 29.9. The van der Waals surface area contributed by atoms with Crippen molar-refractivity contribution in [3.05, 3.63) is 120 Å². The van der Waals surface area contributed by atoms with Crippen molar-refractivity contribution in [2.75, 3.05) is 24.5 Å². The lowest BCUT2D eigenvalue weighted by Gasteiger charge is -2.41. The summed E-state index contributed by atoms with van der Waals surface area (Å²) in [6.45, 7) is 2.70. The van der Waals surface area contributed by atoms with Gasteiger partial charge >= 0.3 is 0 Å². The molecule has 1 aliphatic rings. The number of amides is 1. The highest BCUT2D eigenvalue weighted by atomic mass is 35.5. The fraction of sp³-hybridized carbons (Fsp3) is 0.258. The van der Waals surface area contributed by atoms with E-state index in [4.69, 9.17) is 5.26 Å². The van der Waals surface area contributed by atoms with E-state index in [1.807, 2.05) is 78.1 Å². The van der Waals surface area contributed by atoms with Crippen LogP contribution in [0.5, 0.6) is 0 Å². The van der Waals surface area contributed by atoms with E-state index in [9.17, 15) is 4.79 Å². The van der Waals surface area contributed by atoms with E-state index in [2.05, 4.69) is 44.8 Å². The number of nitriles is 1. The molecule has 0 aliphatic carbocycles. The van der Waals surface area contributed by atoms with Crippen LogP contribution in [0.2, 0.25) is 0 Å². The van der Waals surface area contributed by atoms with E-state index < -0.39 is 0 Å². The number of benzene rings is 3. The molecule has 0 saturated carbocycles. The maximum Gasteiger partial charge on any atom is 0.241 e. The molecule has 0 unspecified atom stereocenters. The molecule has 3 aromatic carbocycles. The van der Waals surface area contributed by atoms with Gasteiger partial charge in [0.1, 0.15) is 0 Å². The molecule has 1 saturated heterocycles. The highest BCUT2D eigenvalue weighted by Crippen LogP contribution is 2.23. The Hall–Kier alpha value is -3.63. The normalized spacial score (nSPS) is 15.2. The van der Waals surface area contributed by atoms with Gasteiger partial charge in [0.15, 0.2) is 0 Å². The monoisotopic (exact) mass is 561 g/mol. The van der Waals surface area contributed by atoms with Gasteiger partial charge in [0.05, 0.1) is 24.5 Å². The average Bonchev–Trinajstić information content (AvgIpc) is 3.38. The predicted molar refractivity (Wildman–Crippen MR) is 160 cm³/mol. The summed E-state index contributed by atoms with van der Waals surface area (Å²) in [6, 6.07) is 30.7. The lowest BCUT2D eigenvalue weighted by molar-refractivity contribution is -0.122.